The van der Waals surface area contributed by atoms with Crippen molar-refractivity contribution in [2.24, 2.45) is 5.92 Å². The highest BCUT2D eigenvalue weighted by molar-refractivity contribution is 9.10. The van der Waals surface area contributed by atoms with Gasteiger partial charge in [-0.05, 0) is 22.4 Å². The number of pyridine rings is 1. The zero-order valence-corrected chi connectivity index (χ0v) is 11.3. The molecule has 18 heavy (non-hydrogen) atoms. The van der Waals surface area contributed by atoms with Crippen molar-refractivity contribution >= 4 is 27.7 Å². The number of carboxylic acids is 1. The lowest BCUT2D eigenvalue weighted by atomic mass is 10.1. The largest absolute Gasteiger partial charge is 0.495 e. The van der Waals surface area contributed by atoms with E-state index in [0.717, 1.165) is 0 Å². The van der Waals surface area contributed by atoms with Gasteiger partial charge in [-0.15, -0.1) is 0 Å². The van der Waals surface area contributed by atoms with Crippen LogP contribution in [0.1, 0.15) is 6.42 Å². The molecule has 0 aromatic carbocycles. The van der Waals surface area contributed by atoms with Gasteiger partial charge in [-0.25, -0.2) is 4.98 Å². The molecule has 1 atom stereocenters. The highest BCUT2D eigenvalue weighted by atomic mass is 79.9. The fourth-order valence-electron chi connectivity index (χ4n) is 1.94. The summed E-state index contributed by atoms with van der Waals surface area (Å²) in [6.07, 6.45) is 0.539. The minimum absolute atomic E-state index is 0.169. The first-order valence-corrected chi connectivity index (χ1v) is 6.20. The first-order chi connectivity index (χ1) is 8.52. The number of ether oxygens (including phenoxy) is 1. The number of aromatic nitrogens is 1. The van der Waals surface area contributed by atoms with Gasteiger partial charge in [-0.3, -0.25) is 4.79 Å². The van der Waals surface area contributed by atoms with Crippen LogP contribution >= 0.6 is 15.9 Å². The summed E-state index contributed by atoms with van der Waals surface area (Å²) in [6, 6.07) is 1.59. The maximum Gasteiger partial charge on any atom is 0.308 e. The molecule has 2 heterocycles. The van der Waals surface area contributed by atoms with Gasteiger partial charge in [0.25, 0.3) is 0 Å². The van der Waals surface area contributed by atoms with Crippen LogP contribution in [-0.4, -0.2) is 36.3 Å². The van der Waals surface area contributed by atoms with Gasteiger partial charge in [0, 0.05) is 19.2 Å². The number of nitrogens with zero attached hydrogens (tertiary/aromatic N) is 2. The third kappa shape index (κ3) is 2.40. The molecule has 1 aliphatic rings. The lowest BCUT2D eigenvalue weighted by Gasteiger charge is -2.18. The number of carbonyl (C=O) groups is 1. The van der Waals surface area contributed by atoms with Gasteiger partial charge in [-0.1, -0.05) is 0 Å². The lowest BCUT2D eigenvalue weighted by molar-refractivity contribution is -0.140. The Morgan fingerprint density at radius 2 is 2.44 bits per heavy atom. The zero-order valence-electron chi connectivity index (χ0n) is 9.69. The van der Waals surface area contributed by atoms with Crippen LogP contribution < -0.4 is 9.64 Å². The maximum atomic E-state index is 13.6. The van der Waals surface area contributed by atoms with E-state index in [2.05, 4.69) is 20.9 Å². The number of hydrogen-bond acceptors (Lipinski definition) is 4. The van der Waals surface area contributed by atoms with Gasteiger partial charge in [0.15, 0.2) is 0 Å². The van der Waals surface area contributed by atoms with Crippen molar-refractivity contribution in [3.8, 4) is 5.75 Å². The van der Waals surface area contributed by atoms with E-state index in [0.29, 0.717) is 31.1 Å². The molecule has 0 aliphatic carbocycles. The second kappa shape index (κ2) is 5.09. The third-order valence-corrected chi connectivity index (χ3v) is 3.67. The van der Waals surface area contributed by atoms with E-state index in [4.69, 9.17) is 9.84 Å². The SMILES string of the molecule is COc1cc(N2CCC(C(=O)O)C2)nc(F)c1Br. The van der Waals surface area contributed by atoms with E-state index in [1.165, 1.54) is 7.11 Å². The summed E-state index contributed by atoms with van der Waals surface area (Å²) in [5, 5.41) is 8.92. The van der Waals surface area contributed by atoms with Gasteiger partial charge in [0.05, 0.1) is 13.0 Å². The molecule has 0 bridgehead atoms. The molecule has 7 heteroatoms. The molecule has 1 N–H and O–H groups in total. The van der Waals surface area contributed by atoms with Crippen LogP contribution in [0.15, 0.2) is 10.5 Å². The van der Waals surface area contributed by atoms with Gasteiger partial charge in [-0.2, -0.15) is 4.39 Å². The summed E-state index contributed by atoms with van der Waals surface area (Å²) in [4.78, 5) is 16.4. The van der Waals surface area contributed by atoms with Crippen molar-refractivity contribution in [1.82, 2.24) is 4.98 Å². The van der Waals surface area contributed by atoms with Crippen molar-refractivity contribution in [2.75, 3.05) is 25.1 Å². The van der Waals surface area contributed by atoms with Crippen LogP contribution in [0.4, 0.5) is 10.2 Å². The Morgan fingerprint density at radius 1 is 1.72 bits per heavy atom. The summed E-state index contributed by atoms with van der Waals surface area (Å²) in [5.74, 6) is -1.18. The fraction of sp³-hybridized carbons (Fsp3) is 0.455. The van der Waals surface area contributed by atoms with Crippen molar-refractivity contribution < 1.29 is 19.0 Å². The highest BCUT2D eigenvalue weighted by Crippen LogP contribution is 2.32. The molecular weight excluding hydrogens is 307 g/mol. The molecule has 1 fully saturated rings. The fourth-order valence-corrected chi connectivity index (χ4v) is 2.31. The number of anilines is 1. The molecule has 2 rings (SSSR count). The summed E-state index contributed by atoms with van der Waals surface area (Å²) in [6.45, 7) is 0.890. The Labute approximate surface area is 112 Å². The minimum Gasteiger partial charge on any atom is -0.495 e. The predicted molar refractivity (Wildman–Crippen MR) is 66.4 cm³/mol. The molecule has 0 spiro atoms. The normalized spacial score (nSPS) is 19.1. The van der Waals surface area contributed by atoms with E-state index in [-0.39, 0.29) is 4.47 Å². The Balaban J connectivity index is 2.25. The summed E-state index contributed by atoms with van der Waals surface area (Å²) < 4.78 is 18.8. The quantitative estimate of drug-likeness (QED) is 0.862. The maximum absolute atomic E-state index is 13.6. The second-order valence-corrected chi connectivity index (χ2v) is 4.85. The Bertz CT molecular complexity index is 484. The van der Waals surface area contributed by atoms with Crippen molar-refractivity contribution in [3.63, 3.8) is 0 Å². The van der Waals surface area contributed by atoms with E-state index in [1.54, 1.807) is 11.0 Å². The first kappa shape index (κ1) is 13.1. The van der Waals surface area contributed by atoms with Gasteiger partial charge >= 0.3 is 5.97 Å². The average molecular weight is 319 g/mol. The number of aliphatic carboxylic acids is 1. The number of hydrogen-bond donors (Lipinski definition) is 1. The Kier molecular flexibility index (Phi) is 3.70. The molecule has 1 aliphatic heterocycles. The highest BCUT2D eigenvalue weighted by Gasteiger charge is 2.29. The van der Waals surface area contributed by atoms with E-state index in [9.17, 15) is 9.18 Å². The zero-order chi connectivity index (χ0) is 13.3. The first-order valence-electron chi connectivity index (χ1n) is 5.40. The lowest BCUT2D eigenvalue weighted by Crippen LogP contribution is -2.23. The molecule has 0 radical (unpaired) electrons. The summed E-state index contributed by atoms with van der Waals surface area (Å²) in [7, 11) is 1.44. The summed E-state index contributed by atoms with van der Waals surface area (Å²) >= 11 is 3.04. The monoisotopic (exact) mass is 318 g/mol. The molecule has 1 aromatic rings. The molecule has 1 saturated heterocycles. The summed E-state index contributed by atoms with van der Waals surface area (Å²) in [5.41, 5.74) is 0. The van der Waals surface area contributed by atoms with Crippen LogP contribution in [0.5, 0.6) is 5.75 Å². The van der Waals surface area contributed by atoms with Crippen LogP contribution in [0.2, 0.25) is 0 Å². The van der Waals surface area contributed by atoms with Gasteiger partial charge in [0.2, 0.25) is 5.95 Å². The second-order valence-electron chi connectivity index (χ2n) is 4.06. The van der Waals surface area contributed by atoms with Crippen molar-refractivity contribution in [2.45, 2.75) is 6.42 Å². The molecule has 5 nitrogen and oxygen atoms in total. The van der Waals surface area contributed by atoms with Crippen LogP contribution in [0, 0.1) is 11.9 Å². The van der Waals surface area contributed by atoms with Gasteiger partial charge in [0.1, 0.15) is 16.0 Å². The van der Waals surface area contributed by atoms with Gasteiger partial charge < -0.3 is 14.7 Å². The average Bonchev–Trinajstić information content (AvgIpc) is 2.82. The van der Waals surface area contributed by atoms with Crippen molar-refractivity contribution in [1.29, 1.82) is 0 Å². The molecule has 1 aromatic heterocycles. The van der Waals surface area contributed by atoms with Crippen molar-refractivity contribution in [3.05, 3.63) is 16.5 Å². The number of methoxy groups -OCH3 is 1. The van der Waals surface area contributed by atoms with E-state index in [1.807, 2.05) is 0 Å². The number of rotatable bonds is 3. The predicted octanol–water partition coefficient (Wildman–Crippen LogP) is 1.90. The third-order valence-electron chi connectivity index (χ3n) is 2.95. The number of carboxylic acid groups (broad SMARTS) is 1. The van der Waals surface area contributed by atoms with Crippen LogP contribution in [-0.2, 0) is 4.79 Å². The molecule has 98 valence electrons. The van der Waals surface area contributed by atoms with E-state index >= 15 is 0 Å². The van der Waals surface area contributed by atoms with Crippen LogP contribution in [0.25, 0.3) is 0 Å². The molecule has 0 saturated carbocycles. The molecule has 1 unspecified atom stereocenters. The molecular formula is C11H12BrFN2O3. The standard InChI is InChI=1S/C11H12BrFN2O3/c1-18-7-4-8(14-10(13)9(7)12)15-3-2-6(5-15)11(16)17/h4,6H,2-3,5H2,1H3,(H,16,17). The van der Waals surface area contributed by atoms with Crippen LogP contribution in [0.3, 0.4) is 0 Å². The smallest absolute Gasteiger partial charge is 0.308 e. The molecule has 0 amide bonds. The number of halogens is 2. The Hall–Kier alpha value is -1.37. The van der Waals surface area contributed by atoms with E-state index < -0.39 is 17.8 Å². The minimum atomic E-state index is -0.831. The topological polar surface area (TPSA) is 62.7 Å². The Morgan fingerprint density at radius 3 is 3.00 bits per heavy atom.